The van der Waals surface area contributed by atoms with Gasteiger partial charge in [-0.2, -0.15) is 8.78 Å². The summed E-state index contributed by atoms with van der Waals surface area (Å²) in [6.45, 7) is -1.22. The molecule has 162 valence electrons. The molecule has 1 aliphatic heterocycles. The minimum atomic E-state index is -2.94. The molecule has 11 heteroatoms. The van der Waals surface area contributed by atoms with Crippen LogP contribution in [0.5, 0.6) is 5.75 Å². The van der Waals surface area contributed by atoms with Crippen molar-refractivity contribution in [2.24, 2.45) is 0 Å². The molecular weight excluding hydrogens is 432 g/mol. The minimum absolute atomic E-state index is 0.0462. The minimum Gasteiger partial charge on any atom is -0.451 e. The first-order valence-corrected chi connectivity index (χ1v) is 10.2. The average Bonchev–Trinajstić information content (AvgIpc) is 3.32. The smallest absolute Gasteiger partial charge is 0.387 e. The lowest BCUT2D eigenvalue weighted by atomic mass is 10.2. The van der Waals surface area contributed by atoms with Crippen molar-refractivity contribution in [3.8, 4) is 5.75 Å². The zero-order chi connectivity index (χ0) is 22.1. The van der Waals surface area contributed by atoms with Crippen LogP contribution in [-0.4, -0.2) is 34.6 Å². The Morgan fingerprint density at radius 1 is 1.29 bits per heavy atom. The summed E-state index contributed by atoms with van der Waals surface area (Å²) < 4.78 is 35.3. The molecule has 1 aliphatic rings. The monoisotopic (exact) mass is 449 g/mol. The number of alkyl halides is 2. The number of aryl methyl sites for hydroxylation is 2. The lowest BCUT2D eigenvalue weighted by molar-refractivity contribution is -0.119. The molecule has 0 fully saturated rings. The fraction of sp³-hybridized carbons (Fsp3) is 0.300. The number of rotatable bonds is 6. The summed E-state index contributed by atoms with van der Waals surface area (Å²) in [5.41, 5.74) is 0.648. The van der Waals surface area contributed by atoms with Crippen molar-refractivity contribution in [3.05, 3.63) is 50.9 Å². The van der Waals surface area contributed by atoms with Crippen molar-refractivity contribution in [2.75, 3.05) is 11.9 Å². The topological polar surface area (TPSA) is 99.5 Å². The first kappa shape index (κ1) is 20.9. The van der Waals surface area contributed by atoms with Gasteiger partial charge in [-0.25, -0.2) is 9.78 Å². The number of halogens is 2. The second kappa shape index (κ2) is 8.42. The number of nitrogens with one attached hydrogen (secondary N) is 1. The molecule has 0 aliphatic carbocycles. The van der Waals surface area contributed by atoms with Crippen molar-refractivity contribution < 1.29 is 27.8 Å². The van der Waals surface area contributed by atoms with E-state index in [0.717, 1.165) is 24.2 Å². The second-order valence-electron chi connectivity index (χ2n) is 6.85. The molecule has 0 spiro atoms. The average molecular weight is 449 g/mol. The number of carbonyl (C=O) groups excluding carboxylic acids is 2. The van der Waals surface area contributed by atoms with Gasteiger partial charge in [-0.3, -0.25) is 14.2 Å². The first-order chi connectivity index (χ1) is 14.8. The van der Waals surface area contributed by atoms with Gasteiger partial charge >= 0.3 is 12.6 Å². The van der Waals surface area contributed by atoms with E-state index in [2.05, 4.69) is 15.0 Å². The lowest BCUT2D eigenvalue weighted by Crippen LogP contribution is -2.21. The highest BCUT2D eigenvalue weighted by molar-refractivity contribution is 7.20. The van der Waals surface area contributed by atoms with E-state index in [1.165, 1.54) is 24.3 Å². The van der Waals surface area contributed by atoms with Crippen LogP contribution in [-0.2, 0) is 22.5 Å². The van der Waals surface area contributed by atoms with Crippen LogP contribution in [0, 0.1) is 6.92 Å². The molecule has 0 atom stereocenters. The fourth-order valence-electron chi connectivity index (χ4n) is 3.38. The van der Waals surface area contributed by atoms with E-state index >= 15 is 0 Å². The molecule has 4 rings (SSSR count). The number of esters is 1. The number of amides is 1. The third-order valence-corrected chi connectivity index (χ3v) is 5.96. The third kappa shape index (κ3) is 4.26. The highest BCUT2D eigenvalue weighted by Gasteiger charge is 2.24. The van der Waals surface area contributed by atoms with Crippen LogP contribution in [0.25, 0.3) is 10.2 Å². The summed E-state index contributed by atoms with van der Waals surface area (Å²) in [6, 6.07) is 5.31. The Hall–Kier alpha value is -3.34. The Kier molecular flexibility index (Phi) is 5.68. The van der Waals surface area contributed by atoms with Crippen LogP contribution in [0.3, 0.4) is 0 Å². The van der Waals surface area contributed by atoms with Gasteiger partial charge in [0.25, 0.3) is 11.5 Å². The number of aromatic nitrogens is 2. The Balaban J connectivity index is 1.41. The molecule has 0 radical (unpaired) electrons. The van der Waals surface area contributed by atoms with Gasteiger partial charge in [0.15, 0.2) is 6.61 Å². The normalized spacial score (nSPS) is 12.8. The van der Waals surface area contributed by atoms with Crippen LogP contribution in [0.4, 0.5) is 14.5 Å². The molecule has 8 nitrogen and oxygen atoms in total. The predicted octanol–water partition coefficient (Wildman–Crippen LogP) is 3.11. The van der Waals surface area contributed by atoms with Crippen molar-refractivity contribution in [1.29, 1.82) is 0 Å². The molecule has 1 N–H and O–H groups in total. The van der Waals surface area contributed by atoms with Crippen LogP contribution in [0.15, 0.2) is 29.1 Å². The van der Waals surface area contributed by atoms with Crippen LogP contribution in [0.1, 0.15) is 27.5 Å². The van der Waals surface area contributed by atoms with Gasteiger partial charge in [0.1, 0.15) is 21.3 Å². The number of carbonyl (C=O) groups is 2. The highest BCUT2D eigenvalue weighted by Crippen LogP contribution is 2.29. The standard InChI is InChI=1S/C20H17F2N3O5S/c1-10-15-17(24-13-3-2-8-25(13)18(15)27)31-16(10)19(28)29-9-14(26)23-11-4-6-12(7-5-11)30-20(21)22/h4-7,20H,2-3,8-9H2,1H3,(H,23,26). The Labute approximate surface area is 178 Å². The summed E-state index contributed by atoms with van der Waals surface area (Å²) >= 11 is 1.07. The Bertz CT molecular complexity index is 1220. The summed E-state index contributed by atoms with van der Waals surface area (Å²) in [5, 5.41) is 2.89. The molecule has 2 aromatic heterocycles. The quantitative estimate of drug-likeness (QED) is 0.581. The molecule has 1 amide bonds. The maximum absolute atomic E-state index is 12.7. The Morgan fingerprint density at radius 2 is 2.03 bits per heavy atom. The van der Waals surface area contributed by atoms with E-state index in [9.17, 15) is 23.2 Å². The van der Waals surface area contributed by atoms with Gasteiger partial charge in [-0.1, -0.05) is 0 Å². The van der Waals surface area contributed by atoms with E-state index in [1.807, 2.05) is 0 Å². The van der Waals surface area contributed by atoms with Gasteiger partial charge in [-0.05, 0) is 43.2 Å². The van der Waals surface area contributed by atoms with Gasteiger partial charge in [0.2, 0.25) is 0 Å². The summed E-state index contributed by atoms with van der Waals surface area (Å²) in [7, 11) is 0. The van der Waals surface area contributed by atoms with Gasteiger partial charge in [0.05, 0.1) is 5.39 Å². The summed E-state index contributed by atoms with van der Waals surface area (Å²) in [6.07, 6.45) is 1.59. The second-order valence-corrected chi connectivity index (χ2v) is 7.85. The molecule has 0 bridgehead atoms. The molecule has 3 heterocycles. The number of hydrogen-bond acceptors (Lipinski definition) is 7. The lowest BCUT2D eigenvalue weighted by Gasteiger charge is -2.08. The van der Waals surface area contributed by atoms with E-state index in [1.54, 1.807) is 11.5 Å². The zero-order valence-corrected chi connectivity index (χ0v) is 17.1. The van der Waals surface area contributed by atoms with E-state index in [-0.39, 0.29) is 16.2 Å². The van der Waals surface area contributed by atoms with Gasteiger partial charge < -0.3 is 14.8 Å². The number of nitrogens with zero attached hydrogens (tertiary/aromatic N) is 2. The molecule has 1 aromatic carbocycles. The highest BCUT2D eigenvalue weighted by atomic mass is 32.1. The number of benzene rings is 1. The van der Waals surface area contributed by atoms with E-state index in [0.29, 0.717) is 33.8 Å². The van der Waals surface area contributed by atoms with Crippen molar-refractivity contribution in [3.63, 3.8) is 0 Å². The zero-order valence-electron chi connectivity index (χ0n) is 16.3. The molecular formula is C20H17F2N3O5S. The summed E-state index contributed by atoms with van der Waals surface area (Å²) in [4.78, 5) is 42.4. The largest absolute Gasteiger partial charge is 0.451 e. The predicted molar refractivity (Wildman–Crippen MR) is 109 cm³/mol. The molecule has 0 saturated heterocycles. The maximum Gasteiger partial charge on any atom is 0.387 e. The van der Waals surface area contributed by atoms with Crippen LogP contribution < -0.4 is 15.6 Å². The molecule has 0 unspecified atom stereocenters. The van der Waals surface area contributed by atoms with E-state index in [4.69, 9.17) is 4.74 Å². The van der Waals surface area contributed by atoms with Gasteiger partial charge in [-0.15, -0.1) is 11.3 Å². The van der Waals surface area contributed by atoms with Gasteiger partial charge in [0, 0.05) is 18.7 Å². The van der Waals surface area contributed by atoms with Crippen LogP contribution in [0.2, 0.25) is 0 Å². The first-order valence-electron chi connectivity index (χ1n) is 9.38. The van der Waals surface area contributed by atoms with Crippen molar-refractivity contribution in [2.45, 2.75) is 32.9 Å². The number of anilines is 1. The fourth-order valence-corrected chi connectivity index (χ4v) is 4.47. The van der Waals surface area contributed by atoms with Crippen LogP contribution >= 0.6 is 11.3 Å². The number of ether oxygens (including phenoxy) is 2. The van der Waals surface area contributed by atoms with E-state index < -0.39 is 25.1 Å². The number of fused-ring (bicyclic) bond motifs is 2. The SMILES string of the molecule is Cc1c(C(=O)OCC(=O)Nc2ccc(OC(F)F)cc2)sc2nc3n(c(=O)c12)CCC3. The van der Waals surface area contributed by atoms with Crippen molar-refractivity contribution >= 4 is 39.1 Å². The molecule has 3 aromatic rings. The number of thiophene rings is 1. The maximum atomic E-state index is 12.7. The number of hydrogen-bond donors (Lipinski definition) is 1. The molecule has 0 saturated carbocycles. The molecule has 31 heavy (non-hydrogen) atoms. The summed E-state index contributed by atoms with van der Waals surface area (Å²) in [5.74, 6) is -0.661. The third-order valence-electron chi connectivity index (χ3n) is 4.79. The Morgan fingerprint density at radius 3 is 2.74 bits per heavy atom. The van der Waals surface area contributed by atoms with Crippen molar-refractivity contribution in [1.82, 2.24) is 9.55 Å².